The number of nitrogens with two attached hydrogens (primary N) is 1. The fraction of sp³-hybridized carbons (Fsp3) is 0.538. The Kier molecular flexibility index (Phi) is 4.95. The zero-order chi connectivity index (χ0) is 13.8. The number of nitrogens with one attached hydrogen (secondary N) is 1. The Morgan fingerprint density at radius 3 is 1.89 bits per heavy atom. The molecule has 1 unspecified atom stereocenters. The average molecular weight is 254 g/mol. The maximum Gasteiger partial charge on any atom is 0.122 e. The molecule has 1 rings (SSSR count). The molecule has 0 bridgehead atoms. The van der Waals surface area contributed by atoms with Crippen LogP contribution < -0.4 is 20.7 Å². The lowest BCUT2D eigenvalue weighted by Crippen LogP contribution is -2.43. The Morgan fingerprint density at radius 2 is 1.56 bits per heavy atom. The predicted octanol–water partition coefficient (Wildman–Crippen LogP) is 1.63. The van der Waals surface area contributed by atoms with Gasteiger partial charge < -0.3 is 14.2 Å². The van der Waals surface area contributed by atoms with Crippen molar-refractivity contribution in [3.8, 4) is 11.5 Å². The summed E-state index contributed by atoms with van der Waals surface area (Å²) in [7, 11) is 4.89. The van der Waals surface area contributed by atoms with Gasteiger partial charge in [-0.3, -0.25) is 11.3 Å². The van der Waals surface area contributed by atoms with Gasteiger partial charge in [-0.05, 0) is 31.5 Å². The number of ether oxygens (including phenoxy) is 3. The largest absolute Gasteiger partial charge is 0.497 e. The molecule has 0 aromatic heterocycles. The number of benzene rings is 1. The first-order chi connectivity index (χ1) is 8.48. The van der Waals surface area contributed by atoms with Gasteiger partial charge in [0.25, 0.3) is 0 Å². The van der Waals surface area contributed by atoms with E-state index in [-0.39, 0.29) is 6.04 Å². The molecule has 5 nitrogen and oxygen atoms in total. The second-order valence-electron chi connectivity index (χ2n) is 4.55. The monoisotopic (exact) mass is 254 g/mol. The third-order valence-corrected chi connectivity index (χ3v) is 3.10. The molecule has 0 aliphatic heterocycles. The zero-order valence-electron chi connectivity index (χ0n) is 11.6. The fourth-order valence-corrected chi connectivity index (χ4v) is 1.81. The van der Waals surface area contributed by atoms with Crippen LogP contribution in [0.1, 0.15) is 25.5 Å². The highest BCUT2D eigenvalue weighted by Crippen LogP contribution is 2.32. The highest BCUT2D eigenvalue weighted by molar-refractivity contribution is 5.40. The van der Waals surface area contributed by atoms with E-state index in [0.717, 1.165) is 17.1 Å². The number of hydrogen-bond donors (Lipinski definition) is 2. The van der Waals surface area contributed by atoms with Crippen LogP contribution in [-0.4, -0.2) is 26.9 Å². The third-order valence-electron chi connectivity index (χ3n) is 3.10. The molecule has 0 saturated carbocycles. The molecule has 18 heavy (non-hydrogen) atoms. The molecule has 1 atom stereocenters. The van der Waals surface area contributed by atoms with E-state index in [1.807, 2.05) is 32.0 Å². The highest BCUT2D eigenvalue weighted by atomic mass is 16.5. The normalized spacial score (nSPS) is 13.2. The standard InChI is InChI=1S/C13H22N2O3/c1-13(2,18-5)12(15-14)9-6-10(16-3)8-11(7-9)17-4/h6-8,12,15H,14H2,1-5H3. The summed E-state index contributed by atoms with van der Waals surface area (Å²) in [5.74, 6) is 7.08. The van der Waals surface area contributed by atoms with E-state index in [1.54, 1.807) is 21.3 Å². The van der Waals surface area contributed by atoms with Gasteiger partial charge in [-0.25, -0.2) is 0 Å². The van der Waals surface area contributed by atoms with Crippen LogP contribution in [0.4, 0.5) is 0 Å². The Labute approximate surface area is 108 Å². The maximum absolute atomic E-state index is 5.64. The van der Waals surface area contributed by atoms with E-state index in [0.29, 0.717) is 0 Å². The lowest BCUT2D eigenvalue weighted by atomic mass is 9.92. The van der Waals surface area contributed by atoms with Crippen molar-refractivity contribution in [2.75, 3.05) is 21.3 Å². The van der Waals surface area contributed by atoms with Crippen LogP contribution in [0.15, 0.2) is 18.2 Å². The third kappa shape index (κ3) is 3.13. The SMILES string of the molecule is COc1cc(OC)cc(C(NN)C(C)(C)OC)c1. The topological polar surface area (TPSA) is 65.7 Å². The second kappa shape index (κ2) is 6.04. The van der Waals surface area contributed by atoms with Crippen LogP contribution in [0.2, 0.25) is 0 Å². The van der Waals surface area contributed by atoms with E-state index in [4.69, 9.17) is 20.1 Å². The minimum Gasteiger partial charge on any atom is -0.497 e. The van der Waals surface area contributed by atoms with Crippen molar-refractivity contribution in [3.05, 3.63) is 23.8 Å². The molecule has 0 heterocycles. The molecule has 1 aromatic carbocycles. The van der Waals surface area contributed by atoms with Gasteiger partial charge in [0.15, 0.2) is 0 Å². The number of rotatable bonds is 6. The van der Waals surface area contributed by atoms with Gasteiger partial charge in [0, 0.05) is 13.2 Å². The summed E-state index contributed by atoms with van der Waals surface area (Å²) < 4.78 is 16.0. The second-order valence-corrected chi connectivity index (χ2v) is 4.55. The van der Waals surface area contributed by atoms with Gasteiger partial charge in [0.05, 0.1) is 25.9 Å². The quantitative estimate of drug-likeness (QED) is 0.596. The molecule has 0 saturated heterocycles. The van der Waals surface area contributed by atoms with E-state index < -0.39 is 5.60 Å². The van der Waals surface area contributed by atoms with Crippen molar-refractivity contribution in [2.24, 2.45) is 5.84 Å². The molecule has 0 radical (unpaired) electrons. The highest BCUT2D eigenvalue weighted by Gasteiger charge is 2.30. The van der Waals surface area contributed by atoms with Crippen LogP contribution in [-0.2, 0) is 4.74 Å². The minimum atomic E-state index is -0.452. The maximum atomic E-state index is 5.64. The number of hydrogen-bond acceptors (Lipinski definition) is 5. The summed E-state index contributed by atoms with van der Waals surface area (Å²) in [6, 6.07) is 5.46. The van der Waals surface area contributed by atoms with Crippen molar-refractivity contribution >= 4 is 0 Å². The fourth-order valence-electron chi connectivity index (χ4n) is 1.81. The summed E-state index contributed by atoms with van der Waals surface area (Å²) in [6.07, 6.45) is 0. The Hall–Kier alpha value is -1.30. The van der Waals surface area contributed by atoms with Gasteiger partial charge in [-0.1, -0.05) is 0 Å². The summed E-state index contributed by atoms with van der Waals surface area (Å²) in [6.45, 7) is 3.92. The molecule has 5 heteroatoms. The average Bonchev–Trinajstić information content (AvgIpc) is 2.38. The van der Waals surface area contributed by atoms with Crippen molar-refractivity contribution in [1.29, 1.82) is 0 Å². The molecule has 0 amide bonds. The first-order valence-corrected chi connectivity index (χ1v) is 5.72. The van der Waals surface area contributed by atoms with E-state index in [2.05, 4.69) is 5.43 Å². The molecule has 3 N–H and O–H groups in total. The Morgan fingerprint density at radius 1 is 1.06 bits per heavy atom. The summed E-state index contributed by atoms with van der Waals surface area (Å²) in [5, 5.41) is 0. The van der Waals surface area contributed by atoms with Crippen molar-refractivity contribution in [3.63, 3.8) is 0 Å². The van der Waals surface area contributed by atoms with E-state index in [9.17, 15) is 0 Å². The van der Waals surface area contributed by atoms with E-state index in [1.165, 1.54) is 0 Å². The Balaban J connectivity index is 3.20. The van der Waals surface area contributed by atoms with Crippen LogP contribution in [0.5, 0.6) is 11.5 Å². The lowest BCUT2D eigenvalue weighted by molar-refractivity contribution is -0.0112. The van der Waals surface area contributed by atoms with Gasteiger partial charge >= 0.3 is 0 Å². The first kappa shape index (κ1) is 14.8. The molecule has 0 aliphatic rings. The van der Waals surface area contributed by atoms with Crippen LogP contribution in [0.3, 0.4) is 0 Å². The molecule has 0 aliphatic carbocycles. The summed E-state index contributed by atoms with van der Waals surface area (Å²) in [5.41, 5.74) is 3.27. The summed E-state index contributed by atoms with van der Waals surface area (Å²) >= 11 is 0. The first-order valence-electron chi connectivity index (χ1n) is 5.72. The van der Waals surface area contributed by atoms with Gasteiger partial charge in [-0.2, -0.15) is 0 Å². The molecule has 102 valence electrons. The van der Waals surface area contributed by atoms with E-state index >= 15 is 0 Å². The van der Waals surface area contributed by atoms with Gasteiger partial charge in [-0.15, -0.1) is 0 Å². The zero-order valence-corrected chi connectivity index (χ0v) is 11.6. The molecular formula is C13H22N2O3. The predicted molar refractivity (Wildman–Crippen MR) is 70.7 cm³/mol. The molecule has 1 aromatic rings. The molecule has 0 fully saturated rings. The minimum absolute atomic E-state index is 0.175. The van der Waals surface area contributed by atoms with Crippen LogP contribution in [0.25, 0.3) is 0 Å². The van der Waals surface area contributed by atoms with Gasteiger partial charge in [0.1, 0.15) is 11.5 Å². The van der Waals surface area contributed by atoms with Crippen LogP contribution >= 0.6 is 0 Å². The van der Waals surface area contributed by atoms with Crippen LogP contribution in [0, 0.1) is 0 Å². The van der Waals surface area contributed by atoms with Crippen molar-refractivity contribution in [1.82, 2.24) is 5.43 Å². The van der Waals surface area contributed by atoms with Gasteiger partial charge in [0.2, 0.25) is 0 Å². The molecular weight excluding hydrogens is 232 g/mol. The smallest absolute Gasteiger partial charge is 0.122 e. The lowest BCUT2D eigenvalue weighted by Gasteiger charge is -2.33. The number of hydrazine groups is 1. The molecule has 0 spiro atoms. The summed E-state index contributed by atoms with van der Waals surface area (Å²) in [4.78, 5) is 0. The van der Waals surface area contributed by atoms with Crippen molar-refractivity contribution in [2.45, 2.75) is 25.5 Å². The Bertz CT molecular complexity index is 372. The number of methoxy groups -OCH3 is 3. The van der Waals surface area contributed by atoms with Crippen molar-refractivity contribution < 1.29 is 14.2 Å².